The van der Waals surface area contributed by atoms with E-state index in [9.17, 15) is 0 Å². The molecule has 0 aromatic heterocycles. The summed E-state index contributed by atoms with van der Waals surface area (Å²) < 4.78 is 2.52. The predicted octanol–water partition coefficient (Wildman–Crippen LogP) is 20.4. The molecule has 0 aromatic rings. The number of hydrogen-bond donors (Lipinski definition) is 0. The number of fused-ring (bicyclic) bond motifs is 3. The van der Waals surface area contributed by atoms with Gasteiger partial charge < -0.3 is 0 Å². The molecular weight excluding hydrogens is 1230 g/mol. The summed E-state index contributed by atoms with van der Waals surface area (Å²) in [6.07, 6.45) is 6.15. The Balaban J connectivity index is 1.25. The van der Waals surface area contributed by atoms with Gasteiger partial charge in [-0.3, -0.25) is 0 Å². The molecule has 424 valence electrons. The molecule has 74 heavy (non-hydrogen) atoms. The van der Waals surface area contributed by atoms with Crippen LogP contribution in [0.5, 0.6) is 0 Å². The van der Waals surface area contributed by atoms with E-state index in [1.807, 2.05) is 0 Å². The highest BCUT2D eigenvalue weighted by Gasteiger charge is 2.82. The highest BCUT2D eigenvalue weighted by molar-refractivity contribution is 14.1. The van der Waals surface area contributed by atoms with Gasteiger partial charge in [-0.15, -0.1) is 0 Å². The van der Waals surface area contributed by atoms with Crippen LogP contribution in [0, 0.1) is 249 Å². The first-order valence-corrected chi connectivity index (χ1v) is 37.4. The molecule has 11 saturated carbocycles. The fourth-order valence-corrected chi connectivity index (χ4v) is 32.5. The minimum atomic E-state index is 0.739. The lowest BCUT2D eigenvalue weighted by Gasteiger charge is -2.84. The number of halogens is 3. The van der Waals surface area contributed by atoms with E-state index in [0.717, 1.165) is 260 Å². The van der Waals surface area contributed by atoms with Crippen LogP contribution in [0.25, 0.3) is 0 Å². The summed E-state index contributed by atoms with van der Waals surface area (Å²) >= 11 is 9.33. The summed E-state index contributed by atoms with van der Waals surface area (Å²) in [6, 6.07) is 0. The molecule has 0 spiro atoms. The average molecular weight is 1350 g/mol. The van der Waals surface area contributed by atoms with E-state index >= 15 is 0 Å². The molecule has 0 heterocycles. The molecular formula is C71H119I3. The van der Waals surface area contributed by atoms with Crippen molar-refractivity contribution in [1.82, 2.24) is 0 Å². The summed E-state index contributed by atoms with van der Waals surface area (Å²) in [6.45, 7) is 61.3. The van der Waals surface area contributed by atoms with Crippen LogP contribution in [0.15, 0.2) is 0 Å². The Morgan fingerprint density at radius 3 is 1.35 bits per heavy atom. The molecule has 40 unspecified atom stereocenters. The second kappa shape index (κ2) is 20.8. The second-order valence-electron chi connectivity index (χ2n) is 33.9. The van der Waals surface area contributed by atoms with Gasteiger partial charge in [-0.05, 0) is 274 Å². The van der Waals surface area contributed by atoms with E-state index < -0.39 is 0 Å². The second-order valence-corrected chi connectivity index (χ2v) is 39.3. The molecule has 0 N–H and O–H groups in total. The topological polar surface area (TPSA) is 0 Å². The van der Waals surface area contributed by atoms with Crippen LogP contribution in [-0.4, -0.2) is 11.8 Å². The maximum Gasteiger partial charge on any atom is 0.0146 e. The van der Waals surface area contributed by atoms with Crippen molar-refractivity contribution in [3.63, 3.8) is 0 Å². The minimum Gasteiger partial charge on any atom is -0.0829 e. The van der Waals surface area contributed by atoms with Crippen LogP contribution < -0.4 is 0 Å². The van der Waals surface area contributed by atoms with Gasteiger partial charge in [-0.25, -0.2) is 0 Å². The van der Waals surface area contributed by atoms with Crippen LogP contribution in [-0.2, 0) is 0 Å². The van der Waals surface area contributed by atoms with Crippen LogP contribution in [0.2, 0.25) is 0 Å². The molecule has 3 heteroatoms. The van der Waals surface area contributed by atoms with Gasteiger partial charge >= 0.3 is 0 Å². The first kappa shape index (κ1) is 58.0. The van der Waals surface area contributed by atoms with Gasteiger partial charge in [0.25, 0.3) is 0 Å². The Morgan fingerprint density at radius 1 is 0.324 bits per heavy atom. The zero-order valence-corrected chi connectivity index (χ0v) is 58.4. The van der Waals surface area contributed by atoms with E-state index in [4.69, 9.17) is 0 Å². The Morgan fingerprint density at radius 2 is 0.784 bits per heavy atom. The minimum absolute atomic E-state index is 0.739. The number of hydrogen-bond acceptors (Lipinski definition) is 0. The first-order valence-electron chi connectivity index (χ1n) is 33.6. The zero-order valence-electron chi connectivity index (χ0n) is 51.9. The van der Waals surface area contributed by atoms with Crippen molar-refractivity contribution < 1.29 is 0 Å². The summed E-state index contributed by atoms with van der Waals surface area (Å²) in [5.41, 5.74) is 0. The summed E-state index contributed by atoms with van der Waals surface area (Å²) in [4.78, 5) is 0. The van der Waals surface area contributed by atoms with Crippen molar-refractivity contribution in [2.45, 2.75) is 190 Å². The Hall–Kier alpha value is 2.19. The van der Waals surface area contributed by atoms with Gasteiger partial charge in [0.05, 0.1) is 0 Å². The van der Waals surface area contributed by atoms with Gasteiger partial charge in [-0.2, -0.15) is 0 Å². The van der Waals surface area contributed by atoms with Gasteiger partial charge in [0.15, 0.2) is 0 Å². The highest BCUT2D eigenvalue weighted by Crippen LogP contribution is 2.85. The van der Waals surface area contributed by atoms with Gasteiger partial charge in [0.2, 0.25) is 0 Å². The maximum atomic E-state index is 3.23. The molecule has 0 bridgehead atoms. The molecule has 0 radical (unpaired) electrons. The zero-order chi connectivity index (χ0) is 53.8. The standard InChI is InChI=1S/C71H119I3/c1-27(2)35(14)49(31(9)10)40(19)54-41(20)52(37(16)29(5)6)64-57-42(21)51(36(15)28(3)4)55(38(17)30(7)8)56-43(22)53-39(18)45(25-34(13)72)58-48(74)26-46-59-47(73)24-32(11)44-23-33(12)50-62(54)69(64)71-68(63(50)60(44)59)61(46)67(58)65(53)70(71)66(56)57/h27-71H,23-26H2,1-22H3. The van der Waals surface area contributed by atoms with Crippen LogP contribution in [0.4, 0.5) is 0 Å². The lowest BCUT2D eigenvalue weighted by molar-refractivity contribution is -0.366. The van der Waals surface area contributed by atoms with E-state index in [-0.39, 0.29) is 0 Å². The normalized spacial score (nSPS) is 57.2. The quantitative estimate of drug-likeness (QED) is 0.127. The van der Waals surface area contributed by atoms with Gasteiger partial charge in [0.1, 0.15) is 0 Å². The third kappa shape index (κ3) is 8.05. The van der Waals surface area contributed by atoms with E-state index in [0.29, 0.717) is 0 Å². The lowest BCUT2D eigenvalue weighted by atomic mass is 9.21. The third-order valence-electron chi connectivity index (χ3n) is 30.7. The SMILES string of the molecule is CC(I)CC1C(C)C2C(C)C3C(C(C)C(C)C)C(C(C)C(C)C)C(C)C4C5C(C(C)C(C)C)C(C)C(C(C)C(C(C)C)C(C)C(C)C)C6C7C(C)CC8C(C)CC(I)C9C%10CC(I)C1C1C%10C(C7C89)C(C65)C(C34)C21. The van der Waals surface area contributed by atoms with Crippen molar-refractivity contribution in [3.8, 4) is 0 Å². The van der Waals surface area contributed by atoms with Crippen LogP contribution in [0.3, 0.4) is 0 Å². The van der Waals surface area contributed by atoms with Crippen LogP contribution >= 0.6 is 67.8 Å². The highest BCUT2D eigenvalue weighted by atomic mass is 127. The van der Waals surface area contributed by atoms with Crippen molar-refractivity contribution in [2.75, 3.05) is 0 Å². The van der Waals surface area contributed by atoms with Gasteiger partial charge in [0, 0.05) is 11.8 Å². The maximum absolute atomic E-state index is 3.23. The van der Waals surface area contributed by atoms with Crippen molar-refractivity contribution in [3.05, 3.63) is 0 Å². The lowest BCUT2D eigenvalue weighted by Crippen LogP contribution is -2.81. The molecule has 40 atom stereocenters. The molecule has 0 nitrogen and oxygen atoms in total. The van der Waals surface area contributed by atoms with Crippen molar-refractivity contribution in [1.29, 1.82) is 0 Å². The Labute approximate surface area is 501 Å². The monoisotopic (exact) mass is 1350 g/mol. The number of alkyl halides is 3. The van der Waals surface area contributed by atoms with E-state index in [1.54, 1.807) is 12.8 Å². The number of rotatable bonds is 13. The fourth-order valence-electron chi connectivity index (χ4n) is 28.5. The molecule has 0 amide bonds. The molecule has 11 fully saturated rings. The summed E-state index contributed by atoms with van der Waals surface area (Å²) in [5, 5.41) is 0. The smallest absolute Gasteiger partial charge is 0.0146 e. The van der Waals surface area contributed by atoms with Gasteiger partial charge in [-0.1, -0.05) is 220 Å². The average Bonchev–Trinajstić information content (AvgIpc) is 3.49. The van der Waals surface area contributed by atoms with Crippen molar-refractivity contribution in [2.24, 2.45) is 249 Å². The Kier molecular flexibility index (Phi) is 16.3. The van der Waals surface area contributed by atoms with E-state index in [2.05, 4.69) is 220 Å². The van der Waals surface area contributed by atoms with Crippen molar-refractivity contribution >= 4 is 67.8 Å². The Bertz CT molecular complexity index is 1990. The summed E-state index contributed by atoms with van der Waals surface area (Å²) in [7, 11) is 0. The molecule has 11 rings (SSSR count). The summed E-state index contributed by atoms with van der Waals surface area (Å²) in [5.74, 6) is 37.0. The molecule has 0 aromatic carbocycles. The molecule has 0 saturated heterocycles. The van der Waals surface area contributed by atoms with Crippen LogP contribution in [0.1, 0.15) is 178 Å². The molecule has 0 aliphatic heterocycles. The third-order valence-corrected chi connectivity index (χ3v) is 33.9. The van der Waals surface area contributed by atoms with E-state index in [1.165, 1.54) is 12.8 Å². The molecule has 11 aliphatic rings. The molecule has 11 aliphatic carbocycles. The first-order chi connectivity index (χ1) is 34.7. The largest absolute Gasteiger partial charge is 0.0829 e. The predicted molar refractivity (Wildman–Crippen MR) is 343 cm³/mol. The fraction of sp³-hybridized carbons (Fsp3) is 1.00.